The van der Waals surface area contributed by atoms with Crippen molar-refractivity contribution in [3.63, 3.8) is 0 Å². The highest BCUT2D eigenvalue weighted by Crippen LogP contribution is 2.67. The molecule has 0 aromatic carbocycles. The zero-order valence-electron chi connectivity index (χ0n) is 15.0. The topological polar surface area (TPSA) is 94.8 Å². The summed E-state index contributed by atoms with van der Waals surface area (Å²) in [5.41, 5.74) is -1.55. The van der Waals surface area contributed by atoms with Crippen molar-refractivity contribution in [3.05, 3.63) is 11.6 Å². The molecule has 138 valence electrons. The van der Waals surface area contributed by atoms with Gasteiger partial charge in [-0.1, -0.05) is 19.4 Å². The minimum absolute atomic E-state index is 0.0508. The van der Waals surface area contributed by atoms with E-state index in [9.17, 15) is 24.9 Å². The van der Waals surface area contributed by atoms with E-state index in [1.54, 1.807) is 6.08 Å². The number of aliphatic hydroxyl groups excluding tert-OH is 1. The van der Waals surface area contributed by atoms with Gasteiger partial charge in [0.1, 0.15) is 0 Å². The number of allylic oxidation sites excluding steroid dienone is 1. The van der Waals surface area contributed by atoms with E-state index in [0.29, 0.717) is 19.3 Å². The molecule has 0 aromatic heterocycles. The zero-order valence-corrected chi connectivity index (χ0v) is 15.0. The highest BCUT2D eigenvalue weighted by Gasteiger charge is 2.68. The Morgan fingerprint density at radius 3 is 2.60 bits per heavy atom. The first-order valence-electron chi connectivity index (χ1n) is 9.51. The third kappa shape index (κ3) is 2.02. The summed E-state index contributed by atoms with van der Waals surface area (Å²) in [7, 11) is 0. The molecule has 0 heterocycles. The Morgan fingerprint density at radius 1 is 1.20 bits per heavy atom. The molecular weight excluding hydrogens is 320 g/mol. The van der Waals surface area contributed by atoms with E-state index in [2.05, 4.69) is 6.92 Å². The lowest BCUT2D eigenvalue weighted by Crippen LogP contribution is -2.61. The van der Waals surface area contributed by atoms with Crippen molar-refractivity contribution in [1.29, 1.82) is 0 Å². The predicted octanol–water partition coefficient (Wildman–Crippen LogP) is 2.30. The molecule has 0 aliphatic heterocycles. The van der Waals surface area contributed by atoms with E-state index in [1.165, 1.54) is 5.57 Å². The van der Waals surface area contributed by atoms with Crippen LogP contribution in [0.25, 0.3) is 0 Å². The predicted molar refractivity (Wildman–Crippen MR) is 90.7 cm³/mol. The van der Waals surface area contributed by atoms with Gasteiger partial charge in [-0.3, -0.25) is 4.79 Å². The smallest absolute Gasteiger partial charge is 0.336 e. The number of aliphatic hydroxyl groups is 2. The second-order valence-corrected chi connectivity index (χ2v) is 9.28. The van der Waals surface area contributed by atoms with Crippen LogP contribution in [0.4, 0.5) is 0 Å². The lowest BCUT2D eigenvalue weighted by atomic mass is 9.45. The Hall–Kier alpha value is -1.20. The first-order chi connectivity index (χ1) is 11.6. The average Bonchev–Trinajstić information content (AvgIpc) is 2.80. The van der Waals surface area contributed by atoms with E-state index < -0.39 is 23.1 Å². The molecule has 0 radical (unpaired) electrons. The minimum Gasteiger partial charge on any atom is -0.479 e. The van der Waals surface area contributed by atoms with Crippen molar-refractivity contribution >= 4 is 11.8 Å². The molecular formula is C20H28O5. The largest absolute Gasteiger partial charge is 0.479 e. The van der Waals surface area contributed by atoms with Gasteiger partial charge in [0.05, 0.1) is 6.10 Å². The highest BCUT2D eigenvalue weighted by atomic mass is 16.4. The van der Waals surface area contributed by atoms with Gasteiger partial charge < -0.3 is 15.3 Å². The van der Waals surface area contributed by atoms with Gasteiger partial charge in [-0.05, 0) is 67.8 Å². The van der Waals surface area contributed by atoms with Crippen LogP contribution in [0.15, 0.2) is 11.6 Å². The fourth-order valence-electron chi connectivity index (χ4n) is 7.04. The molecule has 25 heavy (non-hydrogen) atoms. The van der Waals surface area contributed by atoms with Gasteiger partial charge in [0.2, 0.25) is 0 Å². The third-order valence-electron chi connectivity index (χ3n) is 8.40. The average molecular weight is 348 g/mol. The quantitative estimate of drug-likeness (QED) is 0.676. The molecule has 0 spiro atoms. The molecule has 0 saturated heterocycles. The van der Waals surface area contributed by atoms with E-state index in [0.717, 1.165) is 19.3 Å². The Labute approximate surface area is 148 Å². The van der Waals surface area contributed by atoms with Crippen LogP contribution in [0.5, 0.6) is 0 Å². The van der Waals surface area contributed by atoms with E-state index in [1.807, 2.05) is 6.92 Å². The van der Waals surface area contributed by atoms with Crippen LogP contribution in [0, 0.1) is 28.6 Å². The number of aliphatic carboxylic acids is 1. The number of carbonyl (C=O) groups is 2. The maximum Gasteiger partial charge on any atom is 0.336 e. The molecule has 4 rings (SSSR count). The number of hydrogen-bond acceptors (Lipinski definition) is 4. The van der Waals surface area contributed by atoms with Crippen LogP contribution in [-0.4, -0.2) is 38.8 Å². The standard InChI is InChI=1S/C20H28O5/c1-18-7-5-12(21)9-11(18)3-4-13-14-6-8-20(25,17(23)24)19(14,2)10-15(22)16(13)18/h9,13-16,22,25H,3-8,10H2,1-2H3,(H,23,24)/t13-,14-,15-,16+,18-,19-,20?/m0/s1. The Bertz CT molecular complexity index is 669. The van der Waals surface area contributed by atoms with E-state index in [-0.39, 0.29) is 35.4 Å². The number of fused-ring (bicyclic) bond motifs is 5. The van der Waals surface area contributed by atoms with Crippen LogP contribution in [-0.2, 0) is 9.59 Å². The Morgan fingerprint density at radius 2 is 1.92 bits per heavy atom. The SMILES string of the molecule is C[C@]12CCC(=O)C=C1CC[C@@H]1[C@@H]2[C@@H](O)C[C@@]2(C)[C@H]1CCC2(O)C(=O)O. The van der Waals surface area contributed by atoms with Crippen molar-refractivity contribution in [2.45, 2.75) is 70.5 Å². The number of rotatable bonds is 1. The number of hydrogen-bond donors (Lipinski definition) is 3. The van der Waals surface area contributed by atoms with Crippen LogP contribution in [0.3, 0.4) is 0 Å². The fraction of sp³-hybridized carbons (Fsp3) is 0.800. The van der Waals surface area contributed by atoms with E-state index in [4.69, 9.17) is 0 Å². The lowest BCUT2D eigenvalue weighted by Gasteiger charge is -2.60. The van der Waals surface area contributed by atoms with Crippen LogP contribution < -0.4 is 0 Å². The third-order valence-corrected chi connectivity index (χ3v) is 8.40. The molecule has 3 saturated carbocycles. The van der Waals surface area contributed by atoms with Crippen molar-refractivity contribution in [2.75, 3.05) is 0 Å². The molecule has 5 nitrogen and oxygen atoms in total. The van der Waals surface area contributed by atoms with Crippen LogP contribution in [0.2, 0.25) is 0 Å². The molecule has 0 amide bonds. The number of ketones is 1. The van der Waals surface area contributed by atoms with Crippen LogP contribution >= 0.6 is 0 Å². The van der Waals surface area contributed by atoms with Gasteiger partial charge >= 0.3 is 5.97 Å². The van der Waals surface area contributed by atoms with Gasteiger partial charge in [-0.15, -0.1) is 0 Å². The second-order valence-electron chi connectivity index (χ2n) is 9.28. The molecule has 4 aliphatic carbocycles. The monoisotopic (exact) mass is 348 g/mol. The van der Waals surface area contributed by atoms with Gasteiger partial charge in [-0.2, -0.15) is 0 Å². The van der Waals surface area contributed by atoms with Gasteiger partial charge in [0, 0.05) is 11.8 Å². The summed E-state index contributed by atoms with van der Waals surface area (Å²) in [4.78, 5) is 23.7. The molecule has 4 aliphatic rings. The van der Waals surface area contributed by atoms with Crippen molar-refractivity contribution in [2.24, 2.45) is 28.6 Å². The molecule has 3 N–H and O–H groups in total. The maximum atomic E-state index is 11.9. The van der Waals surface area contributed by atoms with Crippen molar-refractivity contribution < 1.29 is 24.9 Å². The molecule has 0 bridgehead atoms. The molecule has 5 heteroatoms. The molecule has 1 unspecified atom stereocenters. The zero-order chi connectivity index (χ0) is 18.2. The molecule has 0 aromatic rings. The minimum atomic E-state index is -1.75. The molecule has 3 fully saturated rings. The summed E-state index contributed by atoms with van der Waals surface area (Å²) in [6.45, 7) is 4.03. The lowest BCUT2D eigenvalue weighted by molar-refractivity contribution is -0.194. The van der Waals surface area contributed by atoms with Crippen LogP contribution in [0.1, 0.15) is 58.8 Å². The summed E-state index contributed by atoms with van der Waals surface area (Å²) < 4.78 is 0. The highest BCUT2D eigenvalue weighted by molar-refractivity contribution is 5.91. The fourth-order valence-corrected chi connectivity index (χ4v) is 7.04. The molecule has 7 atom stereocenters. The van der Waals surface area contributed by atoms with Crippen molar-refractivity contribution in [1.82, 2.24) is 0 Å². The number of carbonyl (C=O) groups excluding carboxylic acids is 1. The van der Waals surface area contributed by atoms with Gasteiger partial charge in [0.25, 0.3) is 0 Å². The summed E-state index contributed by atoms with van der Waals surface area (Å²) >= 11 is 0. The summed E-state index contributed by atoms with van der Waals surface area (Å²) in [6, 6.07) is 0. The number of carboxylic acid groups (broad SMARTS) is 1. The summed E-state index contributed by atoms with van der Waals surface area (Å²) in [6.07, 6.45) is 5.43. The Balaban J connectivity index is 1.75. The first-order valence-corrected chi connectivity index (χ1v) is 9.51. The van der Waals surface area contributed by atoms with Gasteiger partial charge in [-0.25, -0.2) is 4.79 Å². The normalized spacial score (nSPS) is 52.0. The maximum absolute atomic E-state index is 11.9. The van der Waals surface area contributed by atoms with Gasteiger partial charge in [0.15, 0.2) is 11.4 Å². The van der Waals surface area contributed by atoms with E-state index >= 15 is 0 Å². The summed E-state index contributed by atoms with van der Waals surface area (Å²) in [5, 5.41) is 31.6. The first kappa shape index (κ1) is 17.2. The van der Waals surface area contributed by atoms with Crippen molar-refractivity contribution in [3.8, 4) is 0 Å². The second kappa shape index (κ2) is 5.17. The number of carboxylic acids is 1. The summed E-state index contributed by atoms with van der Waals surface area (Å²) in [5.74, 6) is -0.610. The Kier molecular flexibility index (Phi) is 3.56.